The van der Waals surface area contributed by atoms with Crippen molar-refractivity contribution in [3.05, 3.63) is 35.4 Å². The smallest absolute Gasteiger partial charge is 0.251 e. The van der Waals surface area contributed by atoms with Crippen LogP contribution in [-0.2, 0) is 6.54 Å². The van der Waals surface area contributed by atoms with Crippen LogP contribution in [0.4, 0.5) is 0 Å². The number of amides is 1. The van der Waals surface area contributed by atoms with E-state index in [0.29, 0.717) is 0 Å². The molecule has 0 radical (unpaired) electrons. The highest BCUT2D eigenvalue weighted by Crippen LogP contribution is 2.13. The Morgan fingerprint density at radius 2 is 1.85 bits per heavy atom. The first-order valence-corrected chi connectivity index (χ1v) is 7.81. The minimum absolute atomic E-state index is 0.0314. The monoisotopic (exact) mass is 274 g/mol. The summed E-state index contributed by atoms with van der Waals surface area (Å²) in [5.41, 5.74) is 2.06. The van der Waals surface area contributed by atoms with Crippen molar-refractivity contribution in [1.82, 2.24) is 10.2 Å². The summed E-state index contributed by atoms with van der Waals surface area (Å²) in [6, 6.07) is 8.28. The van der Waals surface area contributed by atoms with Crippen molar-refractivity contribution in [3.8, 4) is 0 Å². The van der Waals surface area contributed by atoms with Crippen molar-refractivity contribution in [2.75, 3.05) is 13.1 Å². The van der Waals surface area contributed by atoms with Crippen molar-refractivity contribution >= 4 is 5.91 Å². The Hall–Kier alpha value is -1.35. The topological polar surface area (TPSA) is 32.3 Å². The number of nitrogens with one attached hydrogen (secondary N) is 1. The van der Waals surface area contributed by atoms with Crippen LogP contribution in [0, 0.1) is 0 Å². The van der Waals surface area contributed by atoms with Crippen LogP contribution >= 0.6 is 0 Å². The minimum Gasteiger partial charge on any atom is -0.350 e. The molecule has 1 aliphatic rings. The predicted molar refractivity (Wildman–Crippen MR) is 82.8 cm³/mol. The van der Waals surface area contributed by atoms with Crippen molar-refractivity contribution in [2.45, 2.75) is 52.1 Å². The molecule has 0 spiro atoms. The molecule has 1 saturated heterocycles. The van der Waals surface area contributed by atoms with Crippen molar-refractivity contribution in [3.63, 3.8) is 0 Å². The van der Waals surface area contributed by atoms with E-state index in [0.717, 1.165) is 18.5 Å². The zero-order chi connectivity index (χ0) is 14.4. The lowest BCUT2D eigenvalue weighted by Gasteiger charge is -2.26. The molecule has 3 nitrogen and oxygen atoms in total. The third kappa shape index (κ3) is 4.34. The van der Waals surface area contributed by atoms with Gasteiger partial charge in [-0.25, -0.2) is 0 Å². The van der Waals surface area contributed by atoms with E-state index >= 15 is 0 Å². The maximum absolute atomic E-state index is 12.0. The molecule has 3 heteroatoms. The zero-order valence-corrected chi connectivity index (χ0v) is 12.7. The van der Waals surface area contributed by atoms with E-state index in [4.69, 9.17) is 0 Å². The third-order valence-corrected chi connectivity index (χ3v) is 4.06. The molecule has 1 atom stereocenters. The minimum atomic E-state index is 0.0314. The van der Waals surface area contributed by atoms with E-state index in [9.17, 15) is 4.79 Å². The van der Waals surface area contributed by atoms with Gasteiger partial charge in [0.25, 0.3) is 5.91 Å². The highest BCUT2D eigenvalue weighted by atomic mass is 16.1. The summed E-state index contributed by atoms with van der Waals surface area (Å²) in [6.07, 6.45) is 4.95. The molecule has 1 fully saturated rings. The molecule has 0 saturated carbocycles. The van der Waals surface area contributed by atoms with Crippen LogP contribution in [0.3, 0.4) is 0 Å². The summed E-state index contributed by atoms with van der Waals surface area (Å²) in [5.74, 6) is 0.0314. The van der Waals surface area contributed by atoms with Gasteiger partial charge in [0.15, 0.2) is 0 Å². The molecular weight excluding hydrogens is 248 g/mol. The van der Waals surface area contributed by atoms with Crippen molar-refractivity contribution in [1.29, 1.82) is 0 Å². The summed E-state index contributed by atoms with van der Waals surface area (Å²) in [6.45, 7) is 7.52. The lowest BCUT2D eigenvalue weighted by atomic mass is 10.1. The molecule has 1 heterocycles. The van der Waals surface area contributed by atoms with E-state index in [2.05, 4.69) is 29.3 Å². The largest absolute Gasteiger partial charge is 0.350 e. The van der Waals surface area contributed by atoms with Crippen LogP contribution in [0.25, 0.3) is 0 Å². The van der Waals surface area contributed by atoms with E-state index in [-0.39, 0.29) is 11.9 Å². The van der Waals surface area contributed by atoms with Gasteiger partial charge in [-0.2, -0.15) is 0 Å². The fourth-order valence-electron chi connectivity index (χ4n) is 2.55. The average molecular weight is 274 g/mol. The maximum atomic E-state index is 12.0. The molecular formula is C17H26N2O. The standard InChI is InChI=1S/C17H26N2O/c1-3-14(2)18-17(20)16-9-7-15(8-10-16)13-19-11-5-4-6-12-19/h7-10,14H,3-6,11-13H2,1-2H3,(H,18,20)/t14-/m0/s1. The van der Waals surface area contributed by atoms with Gasteiger partial charge in [-0.15, -0.1) is 0 Å². The molecule has 0 aliphatic carbocycles. The number of benzene rings is 1. The van der Waals surface area contributed by atoms with Crippen LogP contribution in [0.15, 0.2) is 24.3 Å². The summed E-state index contributed by atoms with van der Waals surface area (Å²) in [7, 11) is 0. The molecule has 1 aromatic carbocycles. The predicted octanol–water partition coefficient (Wildman–Crippen LogP) is 3.20. The first kappa shape index (κ1) is 15.0. The van der Waals surface area contributed by atoms with Gasteiger partial charge in [0.2, 0.25) is 0 Å². The Morgan fingerprint density at radius 3 is 2.45 bits per heavy atom. The molecule has 2 rings (SSSR count). The summed E-state index contributed by atoms with van der Waals surface area (Å²) in [5, 5.41) is 3.00. The van der Waals surface area contributed by atoms with Gasteiger partial charge in [0.05, 0.1) is 0 Å². The first-order chi connectivity index (χ1) is 9.69. The van der Waals surface area contributed by atoms with Crippen LogP contribution in [0.1, 0.15) is 55.5 Å². The Morgan fingerprint density at radius 1 is 1.20 bits per heavy atom. The highest BCUT2D eigenvalue weighted by Gasteiger charge is 2.11. The van der Waals surface area contributed by atoms with Gasteiger partial charge in [-0.1, -0.05) is 25.5 Å². The number of rotatable bonds is 5. The average Bonchev–Trinajstić information content (AvgIpc) is 2.49. The van der Waals surface area contributed by atoms with Crippen LogP contribution in [0.2, 0.25) is 0 Å². The number of hydrogen-bond acceptors (Lipinski definition) is 2. The molecule has 1 amide bonds. The quantitative estimate of drug-likeness (QED) is 0.894. The summed E-state index contributed by atoms with van der Waals surface area (Å²) < 4.78 is 0. The van der Waals surface area contributed by atoms with E-state index in [1.54, 1.807) is 0 Å². The Bertz CT molecular complexity index is 421. The first-order valence-electron chi connectivity index (χ1n) is 7.81. The number of likely N-dealkylation sites (tertiary alicyclic amines) is 1. The number of nitrogens with zero attached hydrogens (tertiary/aromatic N) is 1. The van der Waals surface area contributed by atoms with E-state index < -0.39 is 0 Å². The number of piperidine rings is 1. The van der Waals surface area contributed by atoms with E-state index in [1.807, 2.05) is 19.1 Å². The molecule has 1 aliphatic heterocycles. The number of carbonyl (C=O) groups excluding carboxylic acids is 1. The van der Waals surface area contributed by atoms with E-state index in [1.165, 1.54) is 37.9 Å². The normalized spacial score (nSPS) is 17.7. The third-order valence-electron chi connectivity index (χ3n) is 4.06. The van der Waals surface area contributed by atoms with Gasteiger partial charge in [0, 0.05) is 18.2 Å². The second-order valence-corrected chi connectivity index (χ2v) is 5.82. The Balaban J connectivity index is 1.90. The van der Waals surface area contributed by atoms with Gasteiger partial charge < -0.3 is 5.32 Å². The number of hydrogen-bond donors (Lipinski definition) is 1. The molecule has 0 aromatic heterocycles. The van der Waals surface area contributed by atoms with Crippen LogP contribution in [0.5, 0.6) is 0 Å². The van der Waals surface area contributed by atoms with Crippen LogP contribution in [-0.4, -0.2) is 29.9 Å². The second kappa shape index (κ2) is 7.44. The SMILES string of the molecule is CC[C@H](C)NC(=O)c1ccc(CN2CCCCC2)cc1. The molecule has 0 unspecified atom stereocenters. The molecule has 1 aromatic rings. The van der Waals surface area contributed by atoms with Gasteiger partial charge in [-0.3, -0.25) is 9.69 Å². The maximum Gasteiger partial charge on any atom is 0.251 e. The van der Waals surface area contributed by atoms with Gasteiger partial charge >= 0.3 is 0 Å². The fraction of sp³-hybridized carbons (Fsp3) is 0.588. The lowest BCUT2D eigenvalue weighted by Crippen LogP contribution is -2.32. The molecule has 0 bridgehead atoms. The summed E-state index contributed by atoms with van der Waals surface area (Å²) >= 11 is 0. The Labute approximate surface area is 122 Å². The fourth-order valence-corrected chi connectivity index (χ4v) is 2.55. The van der Waals surface area contributed by atoms with Crippen molar-refractivity contribution < 1.29 is 4.79 Å². The zero-order valence-electron chi connectivity index (χ0n) is 12.7. The Kier molecular flexibility index (Phi) is 5.60. The molecule has 20 heavy (non-hydrogen) atoms. The van der Waals surface area contributed by atoms with Crippen molar-refractivity contribution in [2.24, 2.45) is 0 Å². The highest BCUT2D eigenvalue weighted by molar-refractivity contribution is 5.94. The van der Waals surface area contributed by atoms with Gasteiger partial charge in [0.1, 0.15) is 0 Å². The number of carbonyl (C=O) groups is 1. The van der Waals surface area contributed by atoms with Gasteiger partial charge in [-0.05, 0) is 57.0 Å². The summed E-state index contributed by atoms with van der Waals surface area (Å²) in [4.78, 5) is 14.5. The molecule has 110 valence electrons. The molecule has 1 N–H and O–H groups in total. The van der Waals surface area contributed by atoms with Crippen LogP contribution < -0.4 is 5.32 Å². The second-order valence-electron chi connectivity index (χ2n) is 5.82. The lowest BCUT2D eigenvalue weighted by molar-refractivity contribution is 0.0939.